The first-order chi connectivity index (χ1) is 10.3. The Hall–Kier alpha value is -1.89. The topological polar surface area (TPSA) is 17.1 Å². The quantitative estimate of drug-likeness (QED) is 0.712. The molecule has 0 aromatic heterocycles. The van der Waals surface area contributed by atoms with E-state index in [4.69, 9.17) is 0 Å². The van der Waals surface area contributed by atoms with Crippen molar-refractivity contribution in [2.45, 2.75) is 32.1 Å². The molecule has 1 fully saturated rings. The summed E-state index contributed by atoms with van der Waals surface area (Å²) in [7, 11) is 0. The zero-order valence-corrected chi connectivity index (χ0v) is 12.5. The number of carbonyl (C=O) groups excluding carboxylic acids is 1. The van der Waals surface area contributed by atoms with Gasteiger partial charge in [-0.3, -0.25) is 4.79 Å². The normalized spacial score (nSPS) is 22.9. The van der Waals surface area contributed by atoms with Crippen molar-refractivity contribution < 1.29 is 4.79 Å². The number of hydrogen-bond acceptors (Lipinski definition) is 1. The van der Waals surface area contributed by atoms with Crippen LogP contribution in [0.1, 0.15) is 48.0 Å². The molecule has 0 bridgehead atoms. The van der Waals surface area contributed by atoms with Gasteiger partial charge in [0.15, 0.2) is 5.78 Å². The first-order valence-electron chi connectivity index (χ1n) is 7.91. The summed E-state index contributed by atoms with van der Waals surface area (Å²) in [4.78, 5) is 13.1. The van der Waals surface area contributed by atoms with Gasteiger partial charge in [-0.1, -0.05) is 80.4 Å². The smallest absolute Gasteiger partial charge is 0.170 e. The van der Waals surface area contributed by atoms with E-state index in [1.165, 1.54) is 24.8 Å². The summed E-state index contributed by atoms with van der Waals surface area (Å²) < 4.78 is 0. The second kappa shape index (κ2) is 6.26. The maximum atomic E-state index is 13.1. The maximum absolute atomic E-state index is 13.1. The first kappa shape index (κ1) is 14.1. The Bertz CT molecular complexity index is 588. The molecule has 21 heavy (non-hydrogen) atoms. The standard InChI is InChI=1S/C20H22O/c1-15-9-8-14-18(15)19(16-10-4-2-5-11-16)20(21)17-12-6-3-7-13-17/h2-7,10-13,15,18-19H,8-9,14H2,1H3/t15-,18-,19+/m1/s1. The number of Topliss-reactive ketones (excluding diaryl/α,β-unsaturated/α-hetero) is 1. The van der Waals surface area contributed by atoms with Crippen LogP contribution in [0.5, 0.6) is 0 Å². The molecule has 1 heteroatoms. The highest BCUT2D eigenvalue weighted by atomic mass is 16.1. The van der Waals surface area contributed by atoms with Crippen molar-refractivity contribution >= 4 is 5.78 Å². The number of benzene rings is 2. The summed E-state index contributed by atoms with van der Waals surface area (Å²) >= 11 is 0. The van der Waals surface area contributed by atoms with Gasteiger partial charge in [-0.15, -0.1) is 0 Å². The fraction of sp³-hybridized carbons (Fsp3) is 0.350. The summed E-state index contributed by atoms with van der Waals surface area (Å²) in [5, 5.41) is 0. The molecule has 0 unspecified atom stereocenters. The number of rotatable bonds is 4. The lowest BCUT2D eigenvalue weighted by Gasteiger charge is -2.26. The lowest BCUT2D eigenvalue weighted by atomic mass is 9.76. The summed E-state index contributed by atoms with van der Waals surface area (Å²) in [6, 6.07) is 20.1. The zero-order chi connectivity index (χ0) is 14.7. The van der Waals surface area contributed by atoms with Crippen molar-refractivity contribution in [3.63, 3.8) is 0 Å². The maximum Gasteiger partial charge on any atom is 0.170 e. The average Bonchev–Trinajstić information content (AvgIpc) is 2.95. The second-order valence-electron chi connectivity index (χ2n) is 6.19. The Morgan fingerprint density at radius 2 is 1.57 bits per heavy atom. The Balaban J connectivity index is 1.98. The summed E-state index contributed by atoms with van der Waals surface area (Å²) in [5.41, 5.74) is 2.01. The average molecular weight is 278 g/mol. The fourth-order valence-electron chi connectivity index (χ4n) is 3.70. The Kier molecular flexibility index (Phi) is 4.19. The lowest BCUT2D eigenvalue weighted by Crippen LogP contribution is -2.24. The van der Waals surface area contributed by atoms with Crippen molar-refractivity contribution in [3.05, 3.63) is 71.8 Å². The van der Waals surface area contributed by atoms with Gasteiger partial charge in [0.25, 0.3) is 0 Å². The van der Waals surface area contributed by atoms with Crippen LogP contribution in [0.3, 0.4) is 0 Å². The van der Waals surface area contributed by atoms with Crippen LogP contribution in [0.15, 0.2) is 60.7 Å². The van der Waals surface area contributed by atoms with E-state index in [9.17, 15) is 4.79 Å². The molecule has 2 aromatic rings. The molecule has 1 saturated carbocycles. The molecule has 0 aliphatic heterocycles. The molecule has 2 aromatic carbocycles. The minimum absolute atomic E-state index is 0.00565. The van der Waals surface area contributed by atoms with Crippen LogP contribution < -0.4 is 0 Å². The van der Waals surface area contributed by atoms with E-state index in [1.54, 1.807) is 0 Å². The van der Waals surface area contributed by atoms with Gasteiger partial charge in [0.1, 0.15) is 0 Å². The third kappa shape index (κ3) is 2.92. The summed E-state index contributed by atoms with van der Waals surface area (Å²) in [6.07, 6.45) is 3.66. The van der Waals surface area contributed by atoms with E-state index in [0.29, 0.717) is 11.8 Å². The van der Waals surface area contributed by atoms with Gasteiger partial charge in [-0.05, 0) is 23.8 Å². The molecule has 108 valence electrons. The fourth-order valence-corrected chi connectivity index (χ4v) is 3.70. The molecular formula is C20H22O. The molecular weight excluding hydrogens is 256 g/mol. The van der Waals surface area contributed by atoms with Gasteiger partial charge in [0, 0.05) is 5.56 Å². The third-order valence-corrected chi connectivity index (χ3v) is 4.86. The van der Waals surface area contributed by atoms with Crippen molar-refractivity contribution in [2.24, 2.45) is 11.8 Å². The molecule has 1 nitrogen and oxygen atoms in total. The van der Waals surface area contributed by atoms with Crippen LogP contribution in [-0.2, 0) is 0 Å². The van der Waals surface area contributed by atoms with Crippen LogP contribution in [0.4, 0.5) is 0 Å². The molecule has 1 aliphatic rings. The summed E-state index contributed by atoms with van der Waals surface area (Å²) in [6.45, 7) is 2.30. The first-order valence-corrected chi connectivity index (χ1v) is 7.91. The van der Waals surface area contributed by atoms with Gasteiger partial charge in [-0.2, -0.15) is 0 Å². The van der Waals surface area contributed by atoms with Gasteiger partial charge in [-0.25, -0.2) is 0 Å². The van der Waals surface area contributed by atoms with Gasteiger partial charge < -0.3 is 0 Å². The minimum atomic E-state index is 0.00565. The highest BCUT2D eigenvalue weighted by molar-refractivity contribution is 6.01. The predicted molar refractivity (Wildman–Crippen MR) is 86.5 cm³/mol. The largest absolute Gasteiger partial charge is 0.293 e. The van der Waals surface area contributed by atoms with Crippen LogP contribution in [0, 0.1) is 11.8 Å². The summed E-state index contributed by atoms with van der Waals surface area (Å²) in [5.74, 6) is 1.38. The zero-order valence-electron chi connectivity index (χ0n) is 12.5. The minimum Gasteiger partial charge on any atom is -0.293 e. The molecule has 0 spiro atoms. The van der Waals surface area contributed by atoms with E-state index in [2.05, 4.69) is 19.1 Å². The van der Waals surface area contributed by atoms with Gasteiger partial charge in [0.2, 0.25) is 0 Å². The van der Waals surface area contributed by atoms with E-state index < -0.39 is 0 Å². The number of hydrogen-bond donors (Lipinski definition) is 0. The Morgan fingerprint density at radius 1 is 0.952 bits per heavy atom. The van der Waals surface area contributed by atoms with Crippen LogP contribution >= 0.6 is 0 Å². The van der Waals surface area contributed by atoms with E-state index in [0.717, 1.165) is 5.56 Å². The number of carbonyl (C=O) groups is 1. The van der Waals surface area contributed by atoms with Crippen LogP contribution in [-0.4, -0.2) is 5.78 Å². The Morgan fingerprint density at radius 3 is 2.14 bits per heavy atom. The predicted octanol–water partition coefficient (Wildman–Crippen LogP) is 5.09. The molecule has 3 atom stereocenters. The van der Waals surface area contributed by atoms with E-state index in [1.807, 2.05) is 48.5 Å². The van der Waals surface area contributed by atoms with Crippen molar-refractivity contribution in [2.75, 3.05) is 0 Å². The van der Waals surface area contributed by atoms with Crippen LogP contribution in [0.25, 0.3) is 0 Å². The Labute approximate surface area is 127 Å². The van der Waals surface area contributed by atoms with E-state index >= 15 is 0 Å². The lowest BCUT2D eigenvalue weighted by molar-refractivity contribution is 0.0916. The van der Waals surface area contributed by atoms with Crippen molar-refractivity contribution in [1.82, 2.24) is 0 Å². The van der Waals surface area contributed by atoms with Crippen molar-refractivity contribution in [3.8, 4) is 0 Å². The van der Waals surface area contributed by atoms with Gasteiger partial charge >= 0.3 is 0 Å². The molecule has 0 heterocycles. The highest BCUT2D eigenvalue weighted by Crippen LogP contribution is 2.42. The molecule has 0 radical (unpaired) electrons. The van der Waals surface area contributed by atoms with Crippen molar-refractivity contribution in [1.29, 1.82) is 0 Å². The SMILES string of the molecule is C[C@@H]1CCC[C@H]1[C@@H](C(=O)c1ccccc1)c1ccccc1. The van der Waals surface area contributed by atoms with E-state index in [-0.39, 0.29) is 11.7 Å². The number of ketones is 1. The molecule has 3 rings (SSSR count). The third-order valence-electron chi connectivity index (χ3n) is 4.86. The molecule has 0 saturated heterocycles. The van der Waals surface area contributed by atoms with Crippen LogP contribution in [0.2, 0.25) is 0 Å². The highest BCUT2D eigenvalue weighted by Gasteiger charge is 2.36. The molecule has 0 amide bonds. The monoisotopic (exact) mass is 278 g/mol. The van der Waals surface area contributed by atoms with Gasteiger partial charge in [0.05, 0.1) is 5.92 Å². The second-order valence-corrected chi connectivity index (χ2v) is 6.19. The molecule has 1 aliphatic carbocycles. The molecule has 0 N–H and O–H groups in total.